The lowest BCUT2D eigenvalue weighted by molar-refractivity contribution is 0.368. The van der Waals surface area contributed by atoms with Gasteiger partial charge in [0, 0.05) is 12.1 Å². The van der Waals surface area contributed by atoms with Crippen LogP contribution in [0.25, 0.3) is 11.0 Å². The summed E-state index contributed by atoms with van der Waals surface area (Å²) in [4.78, 5) is 4.70. The number of nitrogens with zero attached hydrogens (tertiary/aromatic N) is 2. The van der Waals surface area contributed by atoms with E-state index in [0.29, 0.717) is 12.0 Å². The molecule has 0 aliphatic heterocycles. The van der Waals surface area contributed by atoms with Gasteiger partial charge in [-0.3, -0.25) is 0 Å². The molecule has 0 saturated carbocycles. The molecule has 3 unspecified atom stereocenters. The van der Waals surface area contributed by atoms with E-state index >= 15 is 0 Å². The molecule has 2 aromatic rings. The summed E-state index contributed by atoms with van der Waals surface area (Å²) in [6.45, 7) is 8.68. The Morgan fingerprint density at radius 2 is 2.00 bits per heavy atom. The van der Waals surface area contributed by atoms with Crippen LogP contribution in [0.5, 0.6) is 5.75 Å². The fourth-order valence-corrected chi connectivity index (χ4v) is 2.68. The predicted molar refractivity (Wildman–Crippen MR) is 84.7 cm³/mol. The summed E-state index contributed by atoms with van der Waals surface area (Å²) in [7, 11) is 1.69. The second kappa shape index (κ2) is 6.04. The molecule has 2 rings (SSSR count). The van der Waals surface area contributed by atoms with E-state index in [-0.39, 0.29) is 5.38 Å². The van der Waals surface area contributed by atoms with Gasteiger partial charge in [0.15, 0.2) is 0 Å². The second-order valence-corrected chi connectivity index (χ2v) is 6.09. The molecule has 0 amide bonds. The maximum atomic E-state index is 6.33. The first-order valence-electron chi connectivity index (χ1n) is 7.19. The summed E-state index contributed by atoms with van der Waals surface area (Å²) >= 11 is 6.33. The van der Waals surface area contributed by atoms with Crippen LogP contribution in [0, 0.1) is 5.92 Å². The van der Waals surface area contributed by atoms with E-state index in [1.54, 1.807) is 7.11 Å². The molecule has 0 saturated heterocycles. The van der Waals surface area contributed by atoms with Crippen molar-refractivity contribution in [2.75, 3.05) is 7.11 Å². The number of hydrogen-bond acceptors (Lipinski definition) is 2. The van der Waals surface area contributed by atoms with Crippen LogP contribution >= 0.6 is 11.6 Å². The lowest BCUT2D eigenvalue weighted by atomic mass is 10.0. The minimum atomic E-state index is -0.111. The van der Waals surface area contributed by atoms with Crippen molar-refractivity contribution in [3.63, 3.8) is 0 Å². The van der Waals surface area contributed by atoms with Crippen molar-refractivity contribution in [2.45, 2.75) is 45.5 Å². The summed E-state index contributed by atoms with van der Waals surface area (Å²) in [6.07, 6.45) is 1.13. The number of aromatic nitrogens is 2. The molecule has 3 atom stereocenters. The first-order valence-corrected chi connectivity index (χ1v) is 7.63. The highest BCUT2D eigenvalue weighted by Gasteiger charge is 2.22. The molecule has 0 bridgehead atoms. The van der Waals surface area contributed by atoms with Gasteiger partial charge >= 0.3 is 0 Å². The first-order chi connectivity index (χ1) is 9.49. The molecule has 1 aromatic carbocycles. The number of ether oxygens (including phenoxy) is 1. The van der Waals surface area contributed by atoms with E-state index in [9.17, 15) is 0 Å². The highest BCUT2D eigenvalue weighted by atomic mass is 35.5. The summed E-state index contributed by atoms with van der Waals surface area (Å²) in [5, 5.41) is -0.111. The van der Waals surface area contributed by atoms with Crippen molar-refractivity contribution in [2.24, 2.45) is 5.92 Å². The smallest absolute Gasteiger partial charge is 0.127 e. The van der Waals surface area contributed by atoms with Crippen molar-refractivity contribution in [1.29, 1.82) is 0 Å². The largest absolute Gasteiger partial charge is 0.497 e. The highest BCUT2D eigenvalue weighted by molar-refractivity contribution is 6.20. The Hall–Kier alpha value is -1.22. The zero-order valence-corrected chi connectivity index (χ0v) is 13.6. The molecular formula is C16H23ClN2O. The third-order valence-electron chi connectivity index (χ3n) is 4.15. The Balaban J connectivity index is 2.66. The monoisotopic (exact) mass is 294 g/mol. The van der Waals surface area contributed by atoms with Gasteiger partial charge in [0.1, 0.15) is 11.6 Å². The van der Waals surface area contributed by atoms with Gasteiger partial charge in [-0.1, -0.05) is 20.3 Å². The molecule has 0 fully saturated rings. The zero-order chi connectivity index (χ0) is 14.9. The first kappa shape index (κ1) is 15.2. The summed E-state index contributed by atoms with van der Waals surface area (Å²) in [5.41, 5.74) is 2.07. The van der Waals surface area contributed by atoms with Crippen molar-refractivity contribution in [3.8, 4) is 5.75 Å². The standard InChI is InChI=1S/C16H23ClN2O/c1-6-10(2)12(4)19-15-9-13(20-5)7-8-14(15)18-16(19)11(3)17/h7-12H,6H2,1-5H3. The van der Waals surface area contributed by atoms with Gasteiger partial charge in [-0.25, -0.2) is 4.98 Å². The van der Waals surface area contributed by atoms with Gasteiger partial charge in [-0.2, -0.15) is 0 Å². The topological polar surface area (TPSA) is 27.1 Å². The fraction of sp³-hybridized carbons (Fsp3) is 0.562. The lowest BCUT2D eigenvalue weighted by Crippen LogP contribution is -2.16. The molecule has 0 radical (unpaired) electrons. The molecule has 0 aliphatic rings. The Bertz CT molecular complexity index is 591. The Morgan fingerprint density at radius 1 is 1.30 bits per heavy atom. The molecular weight excluding hydrogens is 272 g/mol. The second-order valence-electron chi connectivity index (χ2n) is 5.44. The van der Waals surface area contributed by atoms with E-state index in [2.05, 4.69) is 25.3 Å². The van der Waals surface area contributed by atoms with Crippen LogP contribution in [0.15, 0.2) is 18.2 Å². The molecule has 1 heterocycles. The number of fused-ring (bicyclic) bond motifs is 1. The highest BCUT2D eigenvalue weighted by Crippen LogP contribution is 2.33. The maximum Gasteiger partial charge on any atom is 0.127 e. The van der Waals surface area contributed by atoms with Crippen LogP contribution in [-0.4, -0.2) is 16.7 Å². The van der Waals surface area contributed by atoms with E-state index in [4.69, 9.17) is 21.3 Å². The molecule has 0 N–H and O–H groups in total. The average molecular weight is 295 g/mol. The van der Waals surface area contributed by atoms with Crippen molar-refractivity contribution < 1.29 is 4.74 Å². The van der Waals surface area contributed by atoms with E-state index in [1.807, 2.05) is 25.1 Å². The number of hydrogen-bond donors (Lipinski definition) is 0. The summed E-state index contributed by atoms with van der Waals surface area (Å²) in [6, 6.07) is 6.34. The Labute approximate surface area is 125 Å². The third-order valence-corrected chi connectivity index (χ3v) is 4.35. The maximum absolute atomic E-state index is 6.33. The van der Waals surface area contributed by atoms with Gasteiger partial charge in [0.05, 0.1) is 23.5 Å². The van der Waals surface area contributed by atoms with Gasteiger partial charge in [0.2, 0.25) is 0 Å². The van der Waals surface area contributed by atoms with E-state index < -0.39 is 0 Å². The van der Waals surface area contributed by atoms with Crippen LogP contribution in [-0.2, 0) is 0 Å². The van der Waals surface area contributed by atoms with Crippen molar-refractivity contribution in [3.05, 3.63) is 24.0 Å². The van der Waals surface area contributed by atoms with Crippen molar-refractivity contribution >= 4 is 22.6 Å². The summed E-state index contributed by atoms with van der Waals surface area (Å²) < 4.78 is 7.61. The van der Waals surface area contributed by atoms with Gasteiger partial charge in [0.25, 0.3) is 0 Å². The van der Waals surface area contributed by atoms with E-state index in [0.717, 1.165) is 29.0 Å². The molecule has 0 aliphatic carbocycles. The number of methoxy groups -OCH3 is 1. The normalized spacial score (nSPS) is 16.1. The minimum Gasteiger partial charge on any atom is -0.497 e. The quantitative estimate of drug-likeness (QED) is 0.729. The van der Waals surface area contributed by atoms with Gasteiger partial charge < -0.3 is 9.30 Å². The van der Waals surface area contributed by atoms with Crippen LogP contribution in [0.2, 0.25) is 0 Å². The number of benzene rings is 1. The molecule has 3 nitrogen and oxygen atoms in total. The zero-order valence-electron chi connectivity index (χ0n) is 12.9. The van der Waals surface area contributed by atoms with Crippen LogP contribution in [0.1, 0.15) is 51.4 Å². The Kier molecular flexibility index (Phi) is 4.59. The lowest BCUT2D eigenvalue weighted by Gasteiger charge is -2.24. The molecule has 4 heteroatoms. The summed E-state index contributed by atoms with van der Waals surface area (Å²) in [5.74, 6) is 2.35. The number of imidazole rings is 1. The number of rotatable bonds is 5. The fourth-order valence-electron chi connectivity index (χ4n) is 2.52. The molecule has 0 spiro atoms. The SMILES string of the molecule is CCC(C)C(C)n1c(C(C)Cl)nc2ccc(OC)cc21. The van der Waals surface area contributed by atoms with Crippen molar-refractivity contribution in [1.82, 2.24) is 9.55 Å². The average Bonchev–Trinajstić information content (AvgIpc) is 2.83. The van der Waals surface area contributed by atoms with E-state index in [1.165, 1.54) is 0 Å². The van der Waals surface area contributed by atoms with Gasteiger partial charge in [-0.15, -0.1) is 11.6 Å². The number of alkyl halides is 1. The Morgan fingerprint density at radius 3 is 2.55 bits per heavy atom. The molecule has 20 heavy (non-hydrogen) atoms. The molecule has 110 valence electrons. The molecule has 1 aromatic heterocycles. The van der Waals surface area contributed by atoms with Crippen LogP contribution < -0.4 is 4.74 Å². The van der Waals surface area contributed by atoms with Crippen LogP contribution in [0.4, 0.5) is 0 Å². The predicted octanol–water partition coefficient (Wildman–Crippen LogP) is 4.95. The number of halogens is 1. The minimum absolute atomic E-state index is 0.111. The van der Waals surface area contributed by atoms with Crippen LogP contribution in [0.3, 0.4) is 0 Å². The third kappa shape index (κ3) is 2.64. The van der Waals surface area contributed by atoms with Gasteiger partial charge in [-0.05, 0) is 31.9 Å².